The second-order valence-corrected chi connectivity index (χ2v) is 9.13. The summed E-state index contributed by atoms with van der Waals surface area (Å²) in [6.07, 6.45) is 8.88. The van der Waals surface area contributed by atoms with E-state index in [0.29, 0.717) is 16.6 Å². The van der Waals surface area contributed by atoms with Gasteiger partial charge in [-0.2, -0.15) is 0 Å². The molecule has 2 aromatic carbocycles. The fourth-order valence-electron chi connectivity index (χ4n) is 3.64. The molecule has 0 aliphatic heterocycles. The van der Waals surface area contributed by atoms with E-state index in [1.807, 2.05) is 54.6 Å². The molecule has 4 rings (SSSR count). The van der Waals surface area contributed by atoms with Gasteiger partial charge in [-0.25, -0.2) is 0 Å². The van der Waals surface area contributed by atoms with Crippen molar-refractivity contribution < 1.29 is 4.74 Å². The van der Waals surface area contributed by atoms with E-state index in [1.165, 1.54) is 19.3 Å². The molecular weight excluding hydrogens is 445 g/mol. The van der Waals surface area contributed by atoms with Crippen LogP contribution < -0.4 is 10.1 Å². The van der Waals surface area contributed by atoms with Crippen molar-refractivity contribution in [3.8, 4) is 5.75 Å². The number of rotatable bonds is 5. The van der Waals surface area contributed by atoms with Gasteiger partial charge in [-0.1, -0.05) is 11.6 Å². The number of fused-ring (bicyclic) bond motifs is 1. The normalized spacial score (nSPS) is 19.6. The molecule has 1 aliphatic carbocycles. The fraction of sp³-hybridized carbons (Fsp3) is 0.304. The molecule has 1 saturated carbocycles. The molecule has 148 valence electrons. The summed E-state index contributed by atoms with van der Waals surface area (Å²) < 4.78 is 5.99. The summed E-state index contributed by atoms with van der Waals surface area (Å²) in [6.45, 7) is 0. The minimum atomic E-state index is 0.404. The molecule has 4 nitrogen and oxygen atoms in total. The van der Waals surface area contributed by atoms with Gasteiger partial charge in [0.25, 0.3) is 0 Å². The molecule has 29 heavy (non-hydrogen) atoms. The van der Waals surface area contributed by atoms with Crippen LogP contribution in [-0.2, 0) is 0 Å². The van der Waals surface area contributed by atoms with Crippen LogP contribution in [0.5, 0.6) is 5.75 Å². The average molecular weight is 468 g/mol. The number of hydrogen-bond donors (Lipinski definition) is 1. The quantitative estimate of drug-likeness (QED) is 0.484. The van der Waals surface area contributed by atoms with Gasteiger partial charge in [0, 0.05) is 0 Å². The molecule has 1 N–H and O–H groups in total. The molecule has 3 aromatic rings. The Hall–Kier alpha value is -2.03. The first-order valence-corrected chi connectivity index (χ1v) is 11.3. The van der Waals surface area contributed by atoms with Gasteiger partial charge in [0.15, 0.2) is 0 Å². The third-order valence-electron chi connectivity index (χ3n) is 5.27. The van der Waals surface area contributed by atoms with E-state index in [0.717, 1.165) is 39.5 Å². The van der Waals surface area contributed by atoms with E-state index in [1.54, 1.807) is 7.11 Å². The SMILES string of the molecule is COc1ccc2nc(/C=C\c3ccc(Cl)cc3)nc(NC3CCCCC3[As])c2c1. The first-order valence-electron chi connectivity index (χ1n) is 9.86. The second-order valence-electron chi connectivity index (χ2n) is 7.30. The Bertz CT molecular complexity index is 1020. The number of nitrogens with zero attached hydrogens (tertiary/aromatic N) is 2. The molecule has 0 spiro atoms. The summed E-state index contributed by atoms with van der Waals surface area (Å²) in [5.41, 5.74) is 1.96. The van der Waals surface area contributed by atoms with E-state index < -0.39 is 0 Å². The summed E-state index contributed by atoms with van der Waals surface area (Å²) >= 11 is 8.80. The Balaban J connectivity index is 1.70. The van der Waals surface area contributed by atoms with Gasteiger partial charge in [0.1, 0.15) is 0 Å². The van der Waals surface area contributed by atoms with Crippen LogP contribution >= 0.6 is 11.6 Å². The number of nitrogens with one attached hydrogen (secondary N) is 1. The minimum absolute atomic E-state index is 0.404. The predicted molar refractivity (Wildman–Crippen MR) is 122 cm³/mol. The fourth-order valence-corrected chi connectivity index (χ4v) is 4.62. The molecule has 1 heterocycles. The van der Waals surface area contributed by atoms with E-state index in [9.17, 15) is 0 Å². The van der Waals surface area contributed by atoms with Crippen molar-refractivity contribution >= 4 is 57.3 Å². The van der Waals surface area contributed by atoms with Gasteiger partial charge in [-0.3, -0.25) is 0 Å². The second kappa shape index (κ2) is 9.19. The van der Waals surface area contributed by atoms with Crippen molar-refractivity contribution in [2.75, 3.05) is 12.4 Å². The van der Waals surface area contributed by atoms with Crippen molar-refractivity contribution in [1.82, 2.24) is 9.97 Å². The van der Waals surface area contributed by atoms with Crippen LogP contribution in [-0.4, -0.2) is 40.0 Å². The number of anilines is 1. The molecule has 2 atom stereocenters. The van der Waals surface area contributed by atoms with Crippen molar-refractivity contribution in [3.63, 3.8) is 0 Å². The van der Waals surface area contributed by atoms with Crippen LogP contribution in [0.3, 0.4) is 0 Å². The topological polar surface area (TPSA) is 47.0 Å². The van der Waals surface area contributed by atoms with Crippen molar-refractivity contribution in [3.05, 3.63) is 58.9 Å². The van der Waals surface area contributed by atoms with Crippen LogP contribution in [0.2, 0.25) is 9.73 Å². The Kier molecular flexibility index (Phi) is 6.42. The summed E-state index contributed by atoms with van der Waals surface area (Å²) in [5, 5.41) is 5.41. The zero-order chi connectivity index (χ0) is 20.2. The average Bonchev–Trinajstić information content (AvgIpc) is 2.74. The van der Waals surface area contributed by atoms with Gasteiger partial charge in [0.2, 0.25) is 0 Å². The van der Waals surface area contributed by atoms with Crippen LogP contribution in [0, 0.1) is 0 Å². The molecule has 2 unspecified atom stereocenters. The molecule has 2 radical (unpaired) electrons. The van der Waals surface area contributed by atoms with E-state index in [-0.39, 0.29) is 0 Å². The Morgan fingerprint density at radius 2 is 1.86 bits per heavy atom. The molecular formula is C23H23AsClN3O. The predicted octanol–water partition coefficient (Wildman–Crippen LogP) is 5.77. The monoisotopic (exact) mass is 467 g/mol. The molecule has 1 fully saturated rings. The third-order valence-corrected chi connectivity index (χ3v) is 6.82. The van der Waals surface area contributed by atoms with Gasteiger partial charge < -0.3 is 0 Å². The van der Waals surface area contributed by atoms with Crippen LogP contribution in [0.15, 0.2) is 42.5 Å². The standard InChI is InChI=1S/C23H23AsClN3O/c1-29-17-11-12-20-18(14-17)23(27-21-5-3-2-4-19(21)24)28-22(26-20)13-8-15-6-9-16(25)10-7-15/h6-14,19,21H,2-5H2,1H3,(H,26,27,28)/b13-8-. The zero-order valence-electron chi connectivity index (χ0n) is 16.3. The maximum atomic E-state index is 5.98. The maximum absolute atomic E-state index is 5.98. The Morgan fingerprint density at radius 1 is 1.07 bits per heavy atom. The van der Waals surface area contributed by atoms with Crippen molar-refractivity contribution in [2.45, 2.75) is 36.4 Å². The molecule has 1 aliphatic rings. The van der Waals surface area contributed by atoms with Gasteiger partial charge >= 0.3 is 174 Å². The Labute approximate surface area is 185 Å². The summed E-state index contributed by atoms with van der Waals surface area (Å²) in [7, 11) is 1.68. The van der Waals surface area contributed by atoms with Crippen molar-refractivity contribution in [2.24, 2.45) is 0 Å². The number of benzene rings is 2. The number of halogens is 1. The first kappa shape index (κ1) is 20.2. The van der Waals surface area contributed by atoms with Crippen LogP contribution in [0.4, 0.5) is 5.82 Å². The van der Waals surface area contributed by atoms with Gasteiger partial charge in [-0.15, -0.1) is 0 Å². The summed E-state index contributed by atoms with van der Waals surface area (Å²) in [4.78, 5) is 9.57. The van der Waals surface area contributed by atoms with Gasteiger partial charge in [0.05, 0.1) is 0 Å². The molecule has 0 amide bonds. The van der Waals surface area contributed by atoms with E-state index in [4.69, 9.17) is 26.3 Å². The van der Waals surface area contributed by atoms with E-state index >= 15 is 0 Å². The summed E-state index contributed by atoms with van der Waals surface area (Å²) in [5.74, 6) is 2.35. The number of methoxy groups -OCH3 is 1. The third kappa shape index (κ3) is 4.94. The Morgan fingerprint density at radius 3 is 2.62 bits per heavy atom. The van der Waals surface area contributed by atoms with Gasteiger partial charge in [-0.05, 0) is 0 Å². The first-order chi connectivity index (χ1) is 14.1. The molecule has 0 bridgehead atoms. The number of aromatic nitrogens is 2. The zero-order valence-corrected chi connectivity index (χ0v) is 18.9. The van der Waals surface area contributed by atoms with Crippen LogP contribution in [0.1, 0.15) is 37.1 Å². The molecule has 6 heteroatoms. The molecule has 0 saturated heterocycles. The number of ether oxygens (including phenoxy) is 1. The number of hydrogen-bond acceptors (Lipinski definition) is 4. The van der Waals surface area contributed by atoms with E-state index in [2.05, 4.69) is 22.2 Å². The molecule has 1 aromatic heterocycles. The van der Waals surface area contributed by atoms with Crippen molar-refractivity contribution in [1.29, 1.82) is 0 Å². The summed E-state index contributed by atoms with van der Waals surface area (Å²) in [6, 6.07) is 14.0. The van der Waals surface area contributed by atoms with Crippen LogP contribution in [0.25, 0.3) is 23.1 Å².